The zero-order valence-electron chi connectivity index (χ0n) is 14.1. The SMILES string of the molecule is CCC1CN(C(=O)c2coc3ccccc23)CC1N1CCOCC1. The van der Waals surface area contributed by atoms with Crippen molar-refractivity contribution >= 4 is 16.9 Å². The van der Waals surface area contributed by atoms with Gasteiger partial charge in [0.25, 0.3) is 5.91 Å². The highest BCUT2D eigenvalue weighted by atomic mass is 16.5. The molecule has 128 valence electrons. The van der Waals surface area contributed by atoms with Crippen LogP contribution in [0.25, 0.3) is 11.0 Å². The van der Waals surface area contributed by atoms with E-state index in [2.05, 4.69) is 11.8 Å². The number of hydrogen-bond donors (Lipinski definition) is 0. The third kappa shape index (κ3) is 2.72. The average molecular weight is 328 g/mol. The van der Waals surface area contributed by atoms with Crippen molar-refractivity contribution in [1.82, 2.24) is 9.80 Å². The lowest BCUT2D eigenvalue weighted by Crippen LogP contribution is -2.47. The monoisotopic (exact) mass is 328 g/mol. The number of para-hydroxylation sites is 1. The number of likely N-dealkylation sites (tertiary alicyclic amines) is 1. The van der Waals surface area contributed by atoms with Crippen LogP contribution >= 0.6 is 0 Å². The van der Waals surface area contributed by atoms with Crippen LogP contribution in [0.3, 0.4) is 0 Å². The summed E-state index contributed by atoms with van der Waals surface area (Å²) in [6.07, 6.45) is 2.70. The van der Waals surface area contributed by atoms with Crippen LogP contribution in [0.5, 0.6) is 0 Å². The molecule has 3 heterocycles. The lowest BCUT2D eigenvalue weighted by Gasteiger charge is -2.34. The smallest absolute Gasteiger partial charge is 0.257 e. The minimum absolute atomic E-state index is 0.0918. The van der Waals surface area contributed by atoms with Crippen LogP contribution in [0.15, 0.2) is 34.9 Å². The van der Waals surface area contributed by atoms with E-state index in [0.717, 1.165) is 56.8 Å². The van der Waals surface area contributed by atoms with Gasteiger partial charge >= 0.3 is 0 Å². The van der Waals surface area contributed by atoms with Crippen molar-refractivity contribution in [2.24, 2.45) is 5.92 Å². The summed E-state index contributed by atoms with van der Waals surface area (Å²) in [6.45, 7) is 7.39. The van der Waals surface area contributed by atoms with Gasteiger partial charge in [-0.05, 0) is 12.0 Å². The first kappa shape index (κ1) is 15.7. The Labute approximate surface area is 142 Å². The van der Waals surface area contributed by atoms with E-state index in [1.165, 1.54) is 0 Å². The molecule has 2 fully saturated rings. The van der Waals surface area contributed by atoms with Crippen molar-refractivity contribution in [3.05, 3.63) is 36.1 Å². The van der Waals surface area contributed by atoms with Crippen LogP contribution in [0, 0.1) is 5.92 Å². The van der Waals surface area contributed by atoms with Crippen molar-refractivity contribution in [2.75, 3.05) is 39.4 Å². The summed E-state index contributed by atoms with van der Waals surface area (Å²) < 4.78 is 11.0. The number of benzene rings is 1. The third-order valence-electron chi connectivity index (χ3n) is 5.44. The fraction of sp³-hybridized carbons (Fsp3) is 0.526. The van der Waals surface area contributed by atoms with E-state index in [9.17, 15) is 4.79 Å². The van der Waals surface area contributed by atoms with Crippen LogP contribution in [-0.2, 0) is 4.74 Å². The van der Waals surface area contributed by atoms with Crippen LogP contribution in [0.4, 0.5) is 0 Å². The number of fused-ring (bicyclic) bond motifs is 1. The van der Waals surface area contributed by atoms with Crippen LogP contribution in [-0.4, -0.2) is 61.1 Å². The number of rotatable bonds is 3. The van der Waals surface area contributed by atoms with Crippen molar-refractivity contribution in [3.63, 3.8) is 0 Å². The molecule has 2 aliphatic heterocycles. The molecule has 0 aliphatic carbocycles. The number of nitrogens with zero attached hydrogens (tertiary/aromatic N) is 2. The molecule has 5 heteroatoms. The normalized spacial score (nSPS) is 25.5. The van der Waals surface area contributed by atoms with E-state index >= 15 is 0 Å². The minimum atomic E-state index is 0.0918. The number of carbonyl (C=O) groups excluding carboxylic acids is 1. The van der Waals surface area contributed by atoms with Crippen molar-refractivity contribution in [1.29, 1.82) is 0 Å². The molecule has 0 radical (unpaired) electrons. The van der Waals surface area contributed by atoms with Gasteiger partial charge in [0.15, 0.2) is 0 Å². The Kier molecular flexibility index (Phi) is 4.29. The topological polar surface area (TPSA) is 45.9 Å². The molecule has 2 aliphatic rings. The molecule has 2 aromatic rings. The summed E-state index contributed by atoms with van der Waals surface area (Å²) in [4.78, 5) is 17.5. The van der Waals surface area contributed by atoms with E-state index in [1.54, 1.807) is 6.26 Å². The number of hydrogen-bond acceptors (Lipinski definition) is 4. The average Bonchev–Trinajstić information content (AvgIpc) is 3.26. The number of amides is 1. The molecule has 0 spiro atoms. The molecule has 5 nitrogen and oxygen atoms in total. The summed E-state index contributed by atoms with van der Waals surface area (Å²) in [5, 5.41) is 0.908. The van der Waals surface area contributed by atoms with E-state index in [0.29, 0.717) is 17.5 Å². The molecular weight excluding hydrogens is 304 g/mol. The molecule has 1 aromatic heterocycles. The Balaban J connectivity index is 1.55. The zero-order chi connectivity index (χ0) is 16.5. The van der Waals surface area contributed by atoms with Crippen LogP contribution in [0.1, 0.15) is 23.7 Å². The lowest BCUT2D eigenvalue weighted by atomic mass is 9.99. The number of carbonyl (C=O) groups is 1. The minimum Gasteiger partial charge on any atom is -0.463 e. The second-order valence-electron chi connectivity index (χ2n) is 6.74. The van der Waals surface area contributed by atoms with Gasteiger partial charge in [0, 0.05) is 37.6 Å². The van der Waals surface area contributed by atoms with Crippen LogP contribution < -0.4 is 0 Å². The maximum Gasteiger partial charge on any atom is 0.257 e. The maximum absolute atomic E-state index is 13.0. The van der Waals surface area contributed by atoms with E-state index in [4.69, 9.17) is 9.15 Å². The van der Waals surface area contributed by atoms with Gasteiger partial charge in [0.05, 0.1) is 18.8 Å². The van der Waals surface area contributed by atoms with E-state index in [1.807, 2.05) is 29.2 Å². The lowest BCUT2D eigenvalue weighted by molar-refractivity contribution is 0.0103. The Hall–Kier alpha value is -1.85. The quantitative estimate of drug-likeness (QED) is 0.869. The van der Waals surface area contributed by atoms with Gasteiger partial charge in [-0.2, -0.15) is 0 Å². The molecule has 1 aromatic carbocycles. The van der Waals surface area contributed by atoms with Crippen molar-refractivity contribution in [3.8, 4) is 0 Å². The maximum atomic E-state index is 13.0. The summed E-state index contributed by atoms with van der Waals surface area (Å²) >= 11 is 0. The Morgan fingerprint density at radius 3 is 2.79 bits per heavy atom. The van der Waals surface area contributed by atoms with Crippen molar-refractivity contribution < 1.29 is 13.9 Å². The fourth-order valence-corrected chi connectivity index (χ4v) is 4.06. The van der Waals surface area contributed by atoms with E-state index < -0.39 is 0 Å². The standard InChI is InChI=1S/C19H24N2O3/c1-2-14-11-21(12-17(14)20-7-9-23-10-8-20)19(22)16-13-24-18-6-4-3-5-15(16)18/h3-6,13-14,17H,2,7-12H2,1H3. The summed E-state index contributed by atoms with van der Waals surface area (Å²) in [6, 6.07) is 8.18. The Morgan fingerprint density at radius 1 is 1.21 bits per heavy atom. The van der Waals surface area contributed by atoms with Gasteiger partial charge in [0.1, 0.15) is 11.8 Å². The summed E-state index contributed by atoms with van der Waals surface area (Å²) in [5.74, 6) is 0.624. The molecule has 2 saturated heterocycles. The molecule has 24 heavy (non-hydrogen) atoms. The molecular formula is C19H24N2O3. The molecule has 2 atom stereocenters. The van der Waals surface area contributed by atoms with Gasteiger partial charge in [-0.1, -0.05) is 31.5 Å². The predicted octanol–water partition coefficient (Wildman–Crippen LogP) is 2.62. The van der Waals surface area contributed by atoms with Gasteiger partial charge in [-0.3, -0.25) is 9.69 Å². The molecule has 0 saturated carbocycles. The number of furan rings is 1. The Bertz CT molecular complexity index is 720. The fourth-order valence-electron chi connectivity index (χ4n) is 4.06. The van der Waals surface area contributed by atoms with Gasteiger partial charge in [-0.25, -0.2) is 0 Å². The molecule has 2 unspecified atom stereocenters. The predicted molar refractivity (Wildman–Crippen MR) is 92.1 cm³/mol. The second kappa shape index (κ2) is 6.57. The highest BCUT2D eigenvalue weighted by Crippen LogP contribution is 2.29. The van der Waals surface area contributed by atoms with Gasteiger partial charge < -0.3 is 14.1 Å². The first-order valence-electron chi connectivity index (χ1n) is 8.85. The molecule has 0 bridgehead atoms. The zero-order valence-corrected chi connectivity index (χ0v) is 14.1. The van der Waals surface area contributed by atoms with Crippen molar-refractivity contribution in [2.45, 2.75) is 19.4 Å². The van der Waals surface area contributed by atoms with Gasteiger partial charge in [0.2, 0.25) is 0 Å². The molecule has 0 N–H and O–H groups in total. The van der Waals surface area contributed by atoms with Crippen LogP contribution in [0.2, 0.25) is 0 Å². The molecule has 4 rings (SSSR count). The van der Waals surface area contributed by atoms with E-state index in [-0.39, 0.29) is 5.91 Å². The number of ether oxygens (including phenoxy) is 1. The highest BCUT2D eigenvalue weighted by molar-refractivity contribution is 6.06. The first-order chi connectivity index (χ1) is 11.8. The Morgan fingerprint density at radius 2 is 2.00 bits per heavy atom. The first-order valence-corrected chi connectivity index (χ1v) is 8.85. The third-order valence-corrected chi connectivity index (χ3v) is 5.44. The van der Waals surface area contributed by atoms with Gasteiger partial charge in [-0.15, -0.1) is 0 Å². The number of morpholine rings is 1. The highest BCUT2D eigenvalue weighted by Gasteiger charge is 2.38. The summed E-state index contributed by atoms with van der Waals surface area (Å²) in [5.41, 5.74) is 1.46. The molecule has 1 amide bonds. The summed E-state index contributed by atoms with van der Waals surface area (Å²) in [7, 11) is 0. The largest absolute Gasteiger partial charge is 0.463 e. The second-order valence-corrected chi connectivity index (χ2v) is 6.74.